The minimum absolute atomic E-state index is 0.00539. The Kier molecular flexibility index (Phi) is 8.57. The van der Waals surface area contributed by atoms with E-state index in [1.165, 1.54) is 46.1 Å². The Labute approximate surface area is 200 Å². The van der Waals surface area contributed by atoms with Crippen molar-refractivity contribution in [2.45, 2.75) is 57.3 Å². The molecular formula is C25H31N3O5S. The van der Waals surface area contributed by atoms with Crippen LogP contribution in [0.4, 0.5) is 0 Å². The minimum Gasteiger partial charge on any atom is -0.294 e. The number of benzene rings is 2. The highest BCUT2D eigenvalue weighted by Gasteiger charge is 2.22. The van der Waals surface area contributed by atoms with E-state index in [2.05, 4.69) is 10.9 Å². The predicted molar refractivity (Wildman–Crippen MR) is 129 cm³/mol. The van der Waals surface area contributed by atoms with Crippen LogP contribution in [0.3, 0.4) is 0 Å². The van der Waals surface area contributed by atoms with Gasteiger partial charge in [-0.2, -0.15) is 4.31 Å². The van der Waals surface area contributed by atoms with E-state index in [-0.39, 0.29) is 29.1 Å². The number of hydrazine groups is 1. The van der Waals surface area contributed by atoms with Crippen LogP contribution >= 0.6 is 0 Å². The molecule has 3 rings (SSSR count). The molecule has 0 atom stereocenters. The zero-order chi connectivity index (χ0) is 24.7. The number of hydrogen-bond acceptors (Lipinski definition) is 5. The van der Waals surface area contributed by atoms with Gasteiger partial charge >= 0.3 is 0 Å². The molecule has 0 fully saturated rings. The third-order valence-electron chi connectivity index (χ3n) is 6.00. The predicted octanol–water partition coefficient (Wildman–Crippen LogP) is 3.02. The van der Waals surface area contributed by atoms with Crippen LogP contribution in [0, 0.1) is 0 Å². The quantitative estimate of drug-likeness (QED) is 0.419. The highest BCUT2D eigenvalue weighted by Crippen LogP contribution is 2.23. The minimum atomic E-state index is -3.71. The molecule has 0 saturated heterocycles. The van der Waals surface area contributed by atoms with Crippen LogP contribution in [-0.2, 0) is 27.7 Å². The van der Waals surface area contributed by atoms with Gasteiger partial charge in [0.25, 0.3) is 5.91 Å². The topological polar surface area (TPSA) is 113 Å². The molecule has 0 aromatic heterocycles. The van der Waals surface area contributed by atoms with Gasteiger partial charge < -0.3 is 0 Å². The van der Waals surface area contributed by atoms with Crippen molar-refractivity contribution in [2.75, 3.05) is 13.1 Å². The zero-order valence-corrected chi connectivity index (χ0v) is 20.4. The Morgan fingerprint density at radius 1 is 0.853 bits per heavy atom. The van der Waals surface area contributed by atoms with Crippen molar-refractivity contribution in [1.82, 2.24) is 15.2 Å². The highest BCUT2D eigenvalue weighted by atomic mass is 32.2. The van der Waals surface area contributed by atoms with Crippen LogP contribution in [0.5, 0.6) is 0 Å². The summed E-state index contributed by atoms with van der Waals surface area (Å²) in [4.78, 5) is 37.1. The van der Waals surface area contributed by atoms with Gasteiger partial charge in [-0.15, -0.1) is 0 Å². The van der Waals surface area contributed by atoms with E-state index in [1.54, 1.807) is 13.8 Å². The molecule has 8 nitrogen and oxygen atoms in total. The Hall–Kier alpha value is -3.04. The fourth-order valence-corrected chi connectivity index (χ4v) is 5.55. The Bertz CT molecular complexity index is 1170. The SMILES string of the molecule is CCN(CC)S(=O)(=O)c1cccc(C(=O)NNC(=O)CCC(=O)c2ccc3c(c2)CCCC3)c1. The maximum atomic E-state index is 12.7. The largest absolute Gasteiger partial charge is 0.294 e. The van der Waals surface area contributed by atoms with E-state index in [4.69, 9.17) is 0 Å². The summed E-state index contributed by atoms with van der Waals surface area (Å²) in [6, 6.07) is 11.4. The molecule has 9 heteroatoms. The standard InChI is InChI=1S/C25H31N3O5S/c1-3-28(4-2)34(32,33)22-11-7-10-21(17-22)25(31)27-26-24(30)15-14-23(29)20-13-12-18-8-5-6-9-19(18)16-20/h7,10-13,16-17H,3-6,8-9,14-15H2,1-2H3,(H,26,30)(H,27,31). The molecule has 0 unspecified atom stereocenters. The van der Waals surface area contributed by atoms with Crippen LogP contribution < -0.4 is 10.9 Å². The van der Waals surface area contributed by atoms with E-state index in [9.17, 15) is 22.8 Å². The fraction of sp³-hybridized carbons (Fsp3) is 0.400. The Balaban J connectivity index is 1.53. The molecule has 2 aromatic rings. The van der Waals surface area contributed by atoms with E-state index >= 15 is 0 Å². The number of Topliss-reactive ketones (excluding diaryl/α,β-unsaturated/α-hetero) is 1. The van der Waals surface area contributed by atoms with Gasteiger partial charge in [0.1, 0.15) is 0 Å². The molecule has 1 aliphatic carbocycles. The lowest BCUT2D eigenvalue weighted by Gasteiger charge is -2.18. The third kappa shape index (κ3) is 6.09. The summed E-state index contributed by atoms with van der Waals surface area (Å²) in [5, 5.41) is 0. The molecule has 34 heavy (non-hydrogen) atoms. The van der Waals surface area contributed by atoms with Gasteiger partial charge in [0, 0.05) is 37.1 Å². The van der Waals surface area contributed by atoms with Crippen LogP contribution in [-0.4, -0.2) is 43.4 Å². The summed E-state index contributed by atoms with van der Waals surface area (Å²) < 4.78 is 26.6. The first kappa shape index (κ1) is 25.6. The first-order valence-corrected chi connectivity index (χ1v) is 13.0. The maximum Gasteiger partial charge on any atom is 0.269 e. The number of carbonyl (C=O) groups is 3. The number of ketones is 1. The first-order valence-electron chi connectivity index (χ1n) is 11.6. The van der Waals surface area contributed by atoms with Crippen molar-refractivity contribution in [1.29, 1.82) is 0 Å². The molecule has 2 amide bonds. The molecule has 2 aromatic carbocycles. The van der Waals surface area contributed by atoms with Gasteiger partial charge in [-0.05, 0) is 61.1 Å². The summed E-state index contributed by atoms with van der Waals surface area (Å²) in [7, 11) is -3.71. The van der Waals surface area contributed by atoms with Crippen molar-refractivity contribution in [3.8, 4) is 0 Å². The third-order valence-corrected chi connectivity index (χ3v) is 8.05. The van der Waals surface area contributed by atoms with E-state index in [1.807, 2.05) is 18.2 Å². The fourth-order valence-electron chi connectivity index (χ4n) is 4.05. The molecule has 0 saturated carbocycles. The monoisotopic (exact) mass is 485 g/mol. The van der Waals surface area contributed by atoms with Gasteiger partial charge in [-0.1, -0.05) is 32.0 Å². The number of amides is 2. The molecule has 182 valence electrons. The second-order valence-corrected chi connectivity index (χ2v) is 10.2. The van der Waals surface area contributed by atoms with Crippen molar-refractivity contribution >= 4 is 27.6 Å². The average Bonchev–Trinajstić information content (AvgIpc) is 2.86. The molecular weight excluding hydrogens is 454 g/mol. The number of hydrogen-bond donors (Lipinski definition) is 2. The lowest BCUT2D eigenvalue weighted by Crippen LogP contribution is -2.41. The molecule has 0 radical (unpaired) electrons. The van der Waals surface area contributed by atoms with Gasteiger partial charge in [0.05, 0.1) is 4.90 Å². The zero-order valence-electron chi connectivity index (χ0n) is 19.6. The lowest BCUT2D eigenvalue weighted by atomic mass is 9.89. The number of fused-ring (bicyclic) bond motifs is 1. The highest BCUT2D eigenvalue weighted by molar-refractivity contribution is 7.89. The van der Waals surface area contributed by atoms with Gasteiger partial charge in [-0.25, -0.2) is 8.42 Å². The molecule has 0 aliphatic heterocycles. The van der Waals surface area contributed by atoms with E-state index < -0.39 is 21.8 Å². The molecule has 0 heterocycles. The van der Waals surface area contributed by atoms with Crippen molar-refractivity contribution < 1.29 is 22.8 Å². The summed E-state index contributed by atoms with van der Waals surface area (Å²) >= 11 is 0. The van der Waals surface area contributed by atoms with Crippen molar-refractivity contribution in [2.24, 2.45) is 0 Å². The molecule has 0 spiro atoms. The average molecular weight is 486 g/mol. The van der Waals surface area contributed by atoms with Crippen LogP contribution in [0.1, 0.15) is 71.4 Å². The van der Waals surface area contributed by atoms with Crippen LogP contribution in [0.25, 0.3) is 0 Å². The number of nitrogens with zero attached hydrogens (tertiary/aromatic N) is 1. The Morgan fingerprint density at radius 3 is 2.26 bits per heavy atom. The van der Waals surface area contributed by atoms with Gasteiger partial charge in [0.15, 0.2) is 5.78 Å². The summed E-state index contributed by atoms with van der Waals surface area (Å²) in [5.74, 6) is -1.28. The molecule has 1 aliphatic rings. The Morgan fingerprint density at radius 2 is 1.56 bits per heavy atom. The normalized spacial score (nSPS) is 13.3. The molecule has 2 N–H and O–H groups in total. The van der Waals surface area contributed by atoms with Crippen LogP contribution in [0.2, 0.25) is 0 Å². The maximum absolute atomic E-state index is 12.7. The second-order valence-electron chi connectivity index (χ2n) is 8.23. The first-order chi connectivity index (χ1) is 16.3. The summed E-state index contributed by atoms with van der Waals surface area (Å²) in [6.45, 7) is 4.11. The number of aryl methyl sites for hydroxylation is 2. The second kappa shape index (κ2) is 11.4. The van der Waals surface area contributed by atoms with Crippen molar-refractivity contribution in [3.05, 3.63) is 64.7 Å². The van der Waals surface area contributed by atoms with Crippen molar-refractivity contribution in [3.63, 3.8) is 0 Å². The van der Waals surface area contributed by atoms with E-state index in [0.29, 0.717) is 18.7 Å². The van der Waals surface area contributed by atoms with E-state index in [0.717, 1.165) is 19.3 Å². The van der Waals surface area contributed by atoms with Crippen LogP contribution in [0.15, 0.2) is 47.4 Å². The number of nitrogens with one attached hydrogen (secondary N) is 2. The number of carbonyl (C=O) groups excluding carboxylic acids is 3. The number of sulfonamides is 1. The summed E-state index contributed by atoms with van der Waals surface area (Å²) in [6.07, 6.45) is 4.25. The lowest BCUT2D eigenvalue weighted by molar-refractivity contribution is -0.121. The van der Waals surface area contributed by atoms with Gasteiger partial charge in [0.2, 0.25) is 15.9 Å². The summed E-state index contributed by atoms with van der Waals surface area (Å²) in [5.41, 5.74) is 7.76. The smallest absolute Gasteiger partial charge is 0.269 e. The number of rotatable bonds is 9. The van der Waals surface area contributed by atoms with Gasteiger partial charge in [-0.3, -0.25) is 25.2 Å². The molecule has 0 bridgehead atoms.